The lowest BCUT2D eigenvalue weighted by molar-refractivity contribution is -0.0103. The van der Waals surface area contributed by atoms with E-state index in [0.717, 1.165) is 39.4 Å². The second-order valence-corrected chi connectivity index (χ2v) is 6.05. The maximum Gasteiger partial charge on any atom is 0.0635 e. The van der Waals surface area contributed by atoms with Crippen molar-refractivity contribution in [3.05, 3.63) is 20.8 Å². The Hall–Kier alpha value is 0.0600. The van der Waals surface area contributed by atoms with Gasteiger partial charge >= 0.3 is 0 Å². The number of morpholine rings is 1. The number of rotatable bonds is 5. The number of likely N-dealkylation sites (N-methyl/N-ethyl adjacent to an activating group) is 1. The summed E-state index contributed by atoms with van der Waals surface area (Å²) in [6, 6.07) is 2.62. The van der Waals surface area contributed by atoms with E-state index in [9.17, 15) is 0 Å². The third kappa shape index (κ3) is 3.76. The van der Waals surface area contributed by atoms with E-state index in [2.05, 4.69) is 44.5 Å². The molecule has 1 aliphatic heterocycles. The van der Waals surface area contributed by atoms with Gasteiger partial charge in [-0.3, -0.25) is 4.90 Å². The molecule has 1 unspecified atom stereocenters. The van der Waals surface area contributed by atoms with Crippen molar-refractivity contribution in [1.82, 2.24) is 10.2 Å². The highest BCUT2D eigenvalue weighted by atomic mass is 79.9. The first-order valence-electron chi connectivity index (χ1n) is 6.05. The van der Waals surface area contributed by atoms with E-state index in [1.54, 1.807) is 0 Å². The Morgan fingerprint density at radius 1 is 1.65 bits per heavy atom. The minimum absolute atomic E-state index is 0.498. The lowest BCUT2D eigenvalue weighted by Crippen LogP contribution is -2.49. The summed E-state index contributed by atoms with van der Waals surface area (Å²) in [7, 11) is 0. The summed E-state index contributed by atoms with van der Waals surface area (Å²) in [5.74, 6) is 0. The van der Waals surface area contributed by atoms with Gasteiger partial charge in [0.2, 0.25) is 0 Å². The lowest BCUT2D eigenvalue weighted by Gasteiger charge is -2.35. The van der Waals surface area contributed by atoms with Gasteiger partial charge in [0.05, 0.1) is 13.2 Å². The zero-order chi connectivity index (χ0) is 12.1. The van der Waals surface area contributed by atoms with Crippen LogP contribution < -0.4 is 5.32 Å². The van der Waals surface area contributed by atoms with Crippen LogP contribution in [0.4, 0.5) is 0 Å². The number of hydrogen-bond donors (Lipinski definition) is 1. The van der Waals surface area contributed by atoms with Gasteiger partial charge in [-0.25, -0.2) is 0 Å². The van der Waals surface area contributed by atoms with Crippen LogP contribution in [-0.2, 0) is 11.3 Å². The maximum absolute atomic E-state index is 5.57. The highest BCUT2D eigenvalue weighted by Gasteiger charge is 2.23. The molecule has 3 nitrogen and oxygen atoms in total. The molecule has 5 heteroatoms. The topological polar surface area (TPSA) is 24.5 Å². The van der Waals surface area contributed by atoms with Crippen molar-refractivity contribution in [3.8, 4) is 0 Å². The van der Waals surface area contributed by atoms with Gasteiger partial charge in [0.1, 0.15) is 0 Å². The van der Waals surface area contributed by atoms with Crippen LogP contribution in [0.25, 0.3) is 0 Å². The zero-order valence-corrected chi connectivity index (χ0v) is 12.5. The van der Waals surface area contributed by atoms with Gasteiger partial charge in [-0.05, 0) is 33.9 Å². The molecule has 1 aromatic rings. The molecular formula is C12H19BrN2OS. The SMILES string of the molecule is CCNCC1COCCN1Cc1sccc1Br. The molecule has 0 aliphatic carbocycles. The first kappa shape index (κ1) is 13.5. The molecule has 2 heterocycles. The van der Waals surface area contributed by atoms with E-state index in [-0.39, 0.29) is 0 Å². The number of nitrogens with zero attached hydrogens (tertiary/aromatic N) is 1. The molecule has 0 saturated carbocycles. The number of nitrogens with one attached hydrogen (secondary N) is 1. The molecule has 96 valence electrons. The molecule has 0 amide bonds. The van der Waals surface area contributed by atoms with E-state index in [1.165, 1.54) is 9.35 Å². The van der Waals surface area contributed by atoms with Crippen molar-refractivity contribution in [2.24, 2.45) is 0 Å². The predicted octanol–water partition coefficient (Wildman–Crippen LogP) is 2.32. The van der Waals surface area contributed by atoms with Crippen LogP contribution in [0.1, 0.15) is 11.8 Å². The van der Waals surface area contributed by atoms with Crippen molar-refractivity contribution in [2.45, 2.75) is 19.5 Å². The lowest BCUT2D eigenvalue weighted by atomic mass is 10.2. The quantitative estimate of drug-likeness (QED) is 0.901. The van der Waals surface area contributed by atoms with Crippen LogP contribution in [0.5, 0.6) is 0 Å². The van der Waals surface area contributed by atoms with Crippen molar-refractivity contribution >= 4 is 27.3 Å². The minimum atomic E-state index is 0.498. The molecule has 1 aromatic heterocycles. The highest BCUT2D eigenvalue weighted by Crippen LogP contribution is 2.25. The summed E-state index contributed by atoms with van der Waals surface area (Å²) in [5, 5.41) is 5.55. The van der Waals surface area contributed by atoms with Crippen LogP contribution in [0.2, 0.25) is 0 Å². The van der Waals surface area contributed by atoms with Crippen molar-refractivity contribution in [2.75, 3.05) is 32.8 Å². The van der Waals surface area contributed by atoms with Crippen molar-refractivity contribution < 1.29 is 4.74 Å². The highest BCUT2D eigenvalue weighted by molar-refractivity contribution is 9.10. The molecule has 0 aromatic carbocycles. The summed E-state index contributed by atoms with van der Waals surface area (Å²) in [6.45, 7) is 7.93. The molecule has 17 heavy (non-hydrogen) atoms. The minimum Gasteiger partial charge on any atom is -0.378 e. The van der Waals surface area contributed by atoms with Gasteiger partial charge < -0.3 is 10.1 Å². The fourth-order valence-electron chi connectivity index (χ4n) is 2.02. The van der Waals surface area contributed by atoms with Gasteiger partial charge in [0.15, 0.2) is 0 Å². The van der Waals surface area contributed by atoms with Crippen LogP contribution in [0, 0.1) is 0 Å². The molecule has 2 rings (SSSR count). The fourth-order valence-corrected chi connectivity index (χ4v) is 3.52. The van der Waals surface area contributed by atoms with Crippen molar-refractivity contribution in [1.29, 1.82) is 0 Å². The number of ether oxygens (including phenoxy) is 1. The summed E-state index contributed by atoms with van der Waals surface area (Å²) in [6.07, 6.45) is 0. The van der Waals surface area contributed by atoms with Gasteiger partial charge in [-0.2, -0.15) is 0 Å². The molecule has 1 atom stereocenters. The smallest absolute Gasteiger partial charge is 0.0635 e. The largest absolute Gasteiger partial charge is 0.378 e. The first-order valence-corrected chi connectivity index (χ1v) is 7.73. The molecule has 0 spiro atoms. The summed E-state index contributed by atoms with van der Waals surface area (Å²) in [5.41, 5.74) is 0. The summed E-state index contributed by atoms with van der Waals surface area (Å²) >= 11 is 5.42. The second-order valence-electron chi connectivity index (χ2n) is 4.20. The second kappa shape index (κ2) is 6.85. The molecule has 0 bridgehead atoms. The van der Waals surface area contributed by atoms with Crippen molar-refractivity contribution in [3.63, 3.8) is 0 Å². The Kier molecular flexibility index (Phi) is 5.44. The third-order valence-electron chi connectivity index (χ3n) is 3.02. The molecule has 1 N–H and O–H groups in total. The maximum atomic E-state index is 5.57. The number of thiophene rings is 1. The van der Waals surface area contributed by atoms with Crippen LogP contribution >= 0.6 is 27.3 Å². The normalized spacial score (nSPS) is 21.9. The van der Waals surface area contributed by atoms with Gasteiger partial charge in [-0.1, -0.05) is 6.92 Å². The van der Waals surface area contributed by atoms with Gasteiger partial charge in [0, 0.05) is 35.0 Å². The van der Waals surface area contributed by atoms with Crippen LogP contribution in [-0.4, -0.2) is 43.8 Å². The standard InChI is InChI=1S/C12H19BrN2OS/c1-2-14-7-10-9-16-5-4-15(10)8-12-11(13)3-6-17-12/h3,6,10,14H,2,4-5,7-9H2,1H3. The molecule has 1 saturated heterocycles. The van der Waals surface area contributed by atoms with E-state index >= 15 is 0 Å². The average molecular weight is 319 g/mol. The summed E-state index contributed by atoms with van der Waals surface area (Å²) < 4.78 is 6.80. The Labute approximate surface area is 115 Å². The number of halogens is 1. The first-order chi connectivity index (χ1) is 8.31. The average Bonchev–Trinajstić information content (AvgIpc) is 2.74. The van der Waals surface area contributed by atoms with Crippen LogP contribution in [0.3, 0.4) is 0 Å². The fraction of sp³-hybridized carbons (Fsp3) is 0.667. The van der Waals surface area contributed by atoms with E-state index in [0.29, 0.717) is 6.04 Å². The monoisotopic (exact) mass is 318 g/mol. The Morgan fingerprint density at radius 3 is 3.24 bits per heavy atom. The molecule has 1 aliphatic rings. The summed E-state index contributed by atoms with van der Waals surface area (Å²) in [4.78, 5) is 3.93. The molecule has 0 radical (unpaired) electrons. The van der Waals surface area contributed by atoms with Gasteiger partial charge in [-0.15, -0.1) is 11.3 Å². The van der Waals surface area contributed by atoms with E-state index < -0.39 is 0 Å². The third-order valence-corrected chi connectivity index (χ3v) is 4.93. The van der Waals surface area contributed by atoms with Gasteiger partial charge in [0.25, 0.3) is 0 Å². The molecular weight excluding hydrogens is 300 g/mol. The molecule has 1 fully saturated rings. The predicted molar refractivity (Wildman–Crippen MR) is 75.6 cm³/mol. The Bertz CT molecular complexity index is 345. The zero-order valence-electron chi connectivity index (χ0n) is 10.1. The Morgan fingerprint density at radius 2 is 2.53 bits per heavy atom. The number of hydrogen-bond acceptors (Lipinski definition) is 4. The Balaban J connectivity index is 1.94. The van der Waals surface area contributed by atoms with Crippen LogP contribution in [0.15, 0.2) is 15.9 Å². The van der Waals surface area contributed by atoms with E-state index in [1.807, 2.05) is 11.3 Å². The van der Waals surface area contributed by atoms with E-state index in [4.69, 9.17) is 4.74 Å².